The van der Waals surface area contributed by atoms with E-state index in [4.69, 9.17) is 14.2 Å². The number of rotatable bonds is 8. The summed E-state index contributed by atoms with van der Waals surface area (Å²) in [6.07, 6.45) is 6.23. The highest BCUT2D eigenvalue weighted by molar-refractivity contribution is 5.85. The van der Waals surface area contributed by atoms with E-state index in [1.54, 1.807) is 7.11 Å². The molecular formula is C29H49ClN2O3. The SMILES string of the molecule is COCCOc1ccc(N2CCN(CC3CCOCC3)CC2)c(C2CC(C)(C)CC(C)(C)C2)c1.Cl. The molecule has 1 aliphatic carbocycles. The number of hydrogen-bond donors (Lipinski definition) is 0. The second-order valence-electron chi connectivity index (χ2n) is 12.5. The van der Waals surface area contributed by atoms with Gasteiger partial charge in [0, 0.05) is 58.7 Å². The van der Waals surface area contributed by atoms with Crippen molar-refractivity contribution >= 4 is 18.1 Å². The zero-order valence-electron chi connectivity index (χ0n) is 22.8. The van der Waals surface area contributed by atoms with Gasteiger partial charge >= 0.3 is 0 Å². The van der Waals surface area contributed by atoms with Gasteiger partial charge in [-0.2, -0.15) is 0 Å². The lowest BCUT2D eigenvalue weighted by atomic mass is 9.60. The summed E-state index contributed by atoms with van der Waals surface area (Å²) in [7, 11) is 1.73. The number of halogens is 1. The highest BCUT2D eigenvalue weighted by atomic mass is 35.5. The van der Waals surface area contributed by atoms with Gasteiger partial charge in [0.05, 0.1) is 6.61 Å². The first-order valence-corrected chi connectivity index (χ1v) is 13.6. The molecule has 0 radical (unpaired) electrons. The summed E-state index contributed by atoms with van der Waals surface area (Å²) in [4.78, 5) is 5.32. The summed E-state index contributed by atoms with van der Waals surface area (Å²) in [6.45, 7) is 18.7. The first-order valence-electron chi connectivity index (χ1n) is 13.6. The number of piperazine rings is 1. The minimum absolute atomic E-state index is 0. The fraction of sp³-hybridized carbons (Fsp3) is 0.793. The van der Waals surface area contributed by atoms with Crippen molar-refractivity contribution < 1.29 is 14.2 Å². The highest BCUT2D eigenvalue weighted by Gasteiger charge is 2.40. The molecule has 35 heavy (non-hydrogen) atoms. The smallest absolute Gasteiger partial charge is 0.119 e. The normalized spacial score (nSPS) is 23.6. The third-order valence-electron chi connectivity index (χ3n) is 8.12. The molecule has 1 saturated carbocycles. The van der Waals surface area contributed by atoms with Crippen molar-refractivity contribution in [2.45, 2.75) is 65.7 Å². The molecule has 0 bridgehead atoms. The maximum atomic E-state index is 6.06. The number of hydrogen-bond acceptors (Lipinski definition) is 5. The Morgan fingerprint density at radius 1 is 0.943 bits per heavy atom. The average molecular weight is 509 g/mol. The first-order chi connectivity index (χ1) is 16.2. The average Bonchev–Trinajstić information content (AvgIpc) is 2.78. The van der Waals surface area contributed by atoms with Crippen LogP contribution < -0.4 is 9.64 Å². The Bertz CT molecular complexity index is 770. The quantitative estimate of drug-likeness (QED) is 0.402. The third-order valence-corrected chi connectivity index (χ3v) is 8.12. The van der Waals surface area contributed by atoms with Crippen LogP contribution >= 0.6 is 12.4 Å². The number of anilines is 1. The van der Waals surface area contributed by atoms with Crippen LogP contribution in [0.15, 0.2) is 18.2 Å². The van der Waals surface area contributed by atoms with Crippen LogP contribution in [0.4, 0.5) is 5.69 Å². The molecule has 200 valence electrons. The zero-order chi connectivity index (χ0) is 24.2. The molecule has 1 aromatic rings. The zero-order valence-corrected chi connectivity index (χ0v) is 23.6. The number of nitrogens with zero attached hydrogens (tertiary/aromatic N) is 2. The van der Waals surface area contributed by atoms with E-state index in [1.165, 1.54) is 49.9 Å². The van der Waals surface area contributed by atoms with E-state index in [-0.39, 0.29) is 12.4 Å². The molecule has 0 spiro atoms. The van der Waals surface area contributed by atoms with Gasteiger partial charge in [0.25, 0.3) is 0 Å². The lowest BCUT2D eigenvalue weighted by Gasteiger charge is -2.46. The molecule has 2 saturated heterocycles. The van der Waals surface area contributed by atoms with Gasteiger partial charge in [-0.1, -0.05) is 27.7 Å². The van der Waals surface area contributed by atoms with E-state index in [1.807, 2.05) is 0 Å². The predicted octanol–water partition coefficient (Wildman–Crippen LogP) is 6.00. The van der Waals surface area contributed by atoms with E-state index < -0.39 is 0 Å². The summed E-state index contributed by atoms with van der Waals surface area (Å²) in [6, 6.07) is 6.85. The van der Waals surface area contributed by atoms with Crippen LogP contribution in [0.2, 0.25) is 0 Å². The Hall–Kier alpha value is -1.01. The van der Waals surface area contributed by atoms with Crippen molar-refractivity contribution in [3.05, 3.63) is 23.8 Å². The molecule has 1 aromatic carbocycles. The van der Waals surface area contributed by atoms with Gasteiger partial charge in [0.15, 0.2) is 0 Å². The van der Waals surface area contributed by atoms with Crippen molar-refractivity contribution in [2.75, 3.05) is 71.2 Å². The largest absolute Gasteiger partial charge is 0.491 e. The Morgan fingerprint density at radius 3 is 2.23 bits per heavy atom. The van der Waals surface area contributed by atoms with Gasteiger partial charge in [-0.25, -0.2) is 0 Å². The Balaban J connectivity index is 0.00000342. The fourth-order valence-electron chi connectivity index (χ4n) is 7.01. The number of benzene rings is 1. The van der Waals surface area contributed by atoms with Crippen molar-refractivity contribution in [3.63, 3.8) is 0 Å². The lowest BCUT2D eigenvalue weighted by Crippen LogP contribution is -2.48. The molecular weight excluding hydrogens is 460 g/mol. The molecule has 0 unspecified atom stereocenters. The molecule has 0 N–H and O–H groups in total. The molecule has 2 heterocycles. The van der Waals surface area contributed by atoms with E-state index in [0.717, 1.165) is 51.1 Å². The molecule has 0 aromatic heterocycles. The number of methoxy groups -OCH3 is 1. The van der Waals surface area contributed by atoms with Crippen LogP contribution in [-0.4, -0.2) is 71.2 Å². The maximum Gasteiger partial charge on any atom is 0.119 e. The second-order valence-corrected chi connectivity index (χ2v) is 12.5. The van der Waals surface area contributed by atoms with Crippen LogP contribution in [-0.2, 0) is 9.47 Å². The summed E-state index contributed by atoms with van der Waals surface area (Å²) in [5.74, 6) is 2.36. The van der Waals surface area contributed by atoms with E-state index in [9.17, 15) is 0 Å². The minimum atomic E-state index is 0. The maximum absolute atomic E-state index is 6.06. The minimum Gasteiger partial charge on any atom is -0.491 e. The third kappa shape index (κ3) is 7.99. The van der Waals surface area contributed by atoms with Gasteiger partial charge in [0.2, 0.25) is 0 Å². The molecule has 2 aliphatic heterocycles. The summed E-state index contributed by atoms with van der Waals surface area (Å²) in [5, 5.41) is 0. The highest BCUT2D eigenvalue weighted by Crippen LogP contribution is 2.53. The molecule has 6 heteroatoms. The van der Waals surface area contributed by atoms with Crippen molar-refractivity contribution in [1.82, 2.24) is 4.90 Å². The van der Waals surface area contributed by atoms with Crippen LogP contribution in [0.5, 0.6) is 5.75 Å². The molecule has 0 atom stereocenters. The van der Waals surface area contributed by atoms with Crippen molar-refractivity contribution in [2.24, 2.45) is 16.7 Å². The first kappa shape index (κ1) is 28.6. The molecule has 5 nitrogen and oxygen atoms in total. The van der Waals surface area contributed by atoms with Crippen LogP contribution in [0.25, 0.3) is 0 Å². The van der Waals surface area contributed by atoms with Gasteiger partial charge in [-0.3, -0.25) is 4.90 Å². The van der Waals surface area contributed by atoms with Gasteiger partial charge in [-0.15, -0.1) is 12.4 Å². The predicted molar refractivity (Wildman–Crippen MR) is 147 cm³/mol. The summed E-state index contributed by atoms with van der Waals surface area (Å²) >= 11 is 0. The van der Waals surface area contributed by atoms with Gasteiger partial charge in [0.1, 0.15) is 12.4 Å². The van der Waals surface area contributed by atoms with Crippen molar-refractivity contribution in [1.29, 1.82) is 0 Å². The van der Waals surface area contributed by atoms with Crippen LogP contribution in [0.3, 0.4) is 0 Å². The Labute approximate surface area is 220 Å². The Kier molecular flexibility index (Phi) is 10.2. The molecule has 3 fully saturated rings. The second kappa shape index (κ2) is 12.5. The molecule has 0 amide bonds. The van der Waals surface area contributed by atoms with E-state index >= 15 is 0 Å². The molecule has 4 rings (SSSR count). The summed E-state index contributed by atoms with van der Waals surface area (Å²) < 4.78 is 16.8. The van der Waals surface area contributed by atoms with E-state index in [0.29, 0.717) is 30.0 Å². The Morgan fingerprint density at radius 2 is 1.60 bits per heavy atom. The fourth-order valence-corrected chi connectivity index (χ4v) is 7.01. The topological polar surface area (TPSA) is 34.2 Å². The monoisotopic (exact) mass is 508 g/mol. The van der Waals surface area contributed by atoms with Gasteiger partial charge in [-0.05, 0) is 78.5 Å². The van der Waals surface area contributed by atoms with Crippen LogP contribution in [0, 0.1) is 16.7 Å². The summed E-state index contributed by atoms with van der Waals surface area (Å²) in [5.41, 5.74) is 3.65. The van der Waals surface area contributed by atoms with Crippen molar-refractivity contribution in [3.8, 4) is 5.75 Å². The van der Waals surface area contributed by atoms with Crippen LogP contribution in [0.1, 0.15) is 71.3 Å². The van der Waals surface area contributed by atoms with Gasteiger partial charge < -0.3 is 19.1 Å². The number of ether oxygens (including phenoxy) is 3. The van der Waals surface area contributed by atoms with E-state index in [2.05, 4.69) is 55.7 Å². The standard InChI is InChI=1S/C29H48N2O3.ClH/c1-28(2)19-24(20-29(3,4)22-28)26-18-25(34-17-16-32-5)6-7-27(26)31-12-10-30(11-13-31)21-23-8-14-33-15-9-23;/h6-7,18,23-24H,8-17,19-22H2,1-5H3;1H. The molecule has 3 aliphatic rings. The lowest BCUT2D eigenvalue weighted by molar-refractivity contribution is 0.0517.